The Morgan fingerprint density at radius 3 is 2.20 bits per heavy atom. The van der Waals surface area contributed by atoms with Crippen LogP contribution in [-0.2, 0) is 7.05 Å². The van der Waals surface area contributed by atoms with E-state index in [0.717, 1.165) is 22.5 Å². The third-order valence-corrected chi connectivity index (χ3v) is 4.82. The van der Waals surface area contributed by atoms with Crippen LogP contribution in [-0.4, -0.2) is 4.98 Å². The summed E-state index contributed by atoms with van der Waals surface area (Å²) in [5.74, 6) is 0.683. The molecule has 124 valence electrons. The summed E-state index contributed by atoms with van der Waals surface area (Å²) in [7, 11) is 2.04. The molecular formula is C22H21N2O+. The minimum absolute atomic E-state index is 0.683. The van der Waals surface area contributed by atoms with E-state index in [1.54, 1.807) is 0 Å². The lowest BCUT2D eigenvalue weighted by Crippen LogP contribution is -2.32. The van der Waals surface area contributed by atoms with Gasteiger partial charge in [-0.25, -0.2) is 4.57 Å². The number of pyridine rings is 1. The number of fused-ring (bicyclic) bond motifs is 1. The summed E-state index contributed by atoms with van der Waals surface area (Å²) in [5.41, 5.74) is 8.68. The van der Waals surface area contributed by atoms with Gasteiger partial charge in [0.05, 0.1) is 12.6 Å². The van der Waals surface area contributed by atoms with E-state index in [0.29, 0.717) is 5.89 Å². The van der Waals surface area contributed by atoms with Crippen molar-refractivity contribution in [3.8, 4) is 22.7 Å². The van der Waals surface area contributed by atoms with E-state index >= 15 is 0 Å². The summed E-state index contributed by atoms with van der Waals surface area (Å²) in [5, 5.41) is 0. The summed E-state index contributed by atoms with van der Waals surface area (Å²) < 4.78 is 8.20. The third-order valence-electron chi connectivity index (χ3n) is 4.82. The van der Waals surface area contributed by atoms with Gasteiger partial charge >= 0.3 is 11.5 Å². The molecule has 4 rings (SSSR count). The smallest absolute Gasteiger partial charge is 0.370 e. The predicted octanol–water partition coefficient (Wildman–Crippen LogP) is 4.91. The van der Waals surface area contributed by atoms with Crippen molar-refractivity contribution < 1.29 is 8.98 Å². The van der Waals surface area contributed by atoms with Gasteiger partial charge in [-0.15, -0.1) is 0 Å². The molecule has 0 amide bonds. The Labute approximate surface area is 147 Å². The minimum Gasteiger partial charge on any atom is -0.411 e. The molecule has 0 aliphatic carbocycles. The van der Waals surface area contributed by atoms with E-state index in [-0.39, 0.29) is 0 Å². The van der Waals surface area contributed by atoms with Gasteiger partial charge in [-0.2, -0.15) is 0 Å². The quantitative estimate of drug-likeness (QED) is 0.489. The maximum atomic E-state index is 6.09. The normalized spacial score (nSPS) is 11.2. The molecule has 0 fully saturated rings. The highest BCUT2D eigenvalue weighted by molar-refractivity contribution is 5.74. The Bertz CT molecular complexity index is 1070. The zero-order valence-corrected chi connectivity index (χ0v) is 15.0. The number of benzene rings is 2. The van der Waals surface area contributed by atoms with Crippen LogP contribution in [0, 0.1) is 20.8 Å². The largest absolute Gasteiger partial charge is 0.411 e. The Morgan fingerprint density at radius 2 is 1.48 bits per heavy atom. The molecule has 0 unspecified atom stereocenters. The Hall–Kier alpha value is -2.94. The van der Waals surface area contributed by atoms with Crippen LogP contribution in [0.5, 0.6) is 0 Å². The monoisotopic (exact) mass is 329 g/mol. The average Bonchev–Trinajstić information content (AvgIpc) is 3.01. The van der Waals surface area contributed by atoms with Gasteiger partial charge in [0.25, 0.3) is 0 Å². The summed E-state index contributed by atoms with van der Waals surface area (Å²) in [6.45, 7) is 6.32. The highest BCUT2D eigenvalue weighted by Crippen LogP contribution is 2.29. The zero-order chi connectivity index (χ0) is 17.6. The second-order valence-corrected chi connectivity index (χ2v) is 6.57. The highest BCUT2D eigenvalue weighted by Gasteiger charge is 2.23. The summed E-state index contributed by atoms with van der Waals surface area (Å²) >= 11 is 0. The molecule has 0 N–H and O–H groups in total. The van der Waals surface area contributed by atoms with Crippen molar-refractivity contribution in [1.82, 2.24) is 4.98 Å². The molecule has 2 heterocycles. The second-order valence-electron chi connectivity index (χ2n) is 6.57. The summed E-state index contributed by atoms with van der Waals surface area (Å²) in [4.78, 5) is 4.82. The van der Waals surface area contributed by atoms with Crippen LogP contribution >= 0.6 is 0 Å². The maximum Gasteiger partial charge on any atom is 0.370 e. The van der Waals surface area contributed by atoms with E-state index in [1.807, 2.05) is 13.1 Å². The fourth-order valence-corrected chi connectivity index (χ4v) is 3.44. The van der Waals surface area contributed by atoms with E-state index in [4.69, 9.17) is 9.40 Å². The molecule has 0 spiro atoms. The fraction of sp³-hybridized carbons (Fsp3) is 0.182. The molecule has 0 saturated heterocycles. The molecule has 4 aromatic rings. The van der Waals surface area contributed by atoms with Crippen molar-refractivity contribution in [2.24, 2.45) is 7.05 Å². The average molecular weight is 329 g/mol. The molecule has 0 bridgehead atoms. The lowest BCUT2D eigenvalue weighted by molar-refractivity contribution is -0.635. The summed E-state index contributed by atoms with van der Waals surface area (Å²) in [6, 6.07) is 18.8. The van der Waals surface area contributed by atoms with Gasteiger partial charge in [-0.1, -0.05) is 42.5 Å². The Balaban J connectivity index is 1.94. The molecule has 0 atom stereocenters. The van der Waals surface area contributed by atoms with Crippen LogP contribution in [0.4, 0.5) is 0 Å². The van der Waals surface area contributed by atoms with E-state index in [9.17, 15) is 0 Å². The van der Waals surface area contributed by atoms with Crippen molar-refractivity contribution in [2.45, 2.75) is 20.8 Å². The molecule has 3 heteroatoms. The molecule has 2 aromatic heterocycles. The van der Waals surface area contributed by atoms with Gasteiger partial charge in [0, 0.05) is 10.5 Å². The first-order valence-corrected chi connectivity index (χ1v) is 8.48. The third kappa shape index (κ3) is 2.52. The van der Waals surface area contributed by atoms with Crippen molar-refractivity contribution in [2.75, 3.05) is 0 Å². The highest BCUT2D eigenvalue weighted by atomic mass is 16.3. The van der Waals surface area contributed by atoms with Crippen LogP contribution in [0.2, 0.25) is 0 Å². The van der Waals surface area contributed by atoms with Gasteiger partial charge < -0.3 is 4.42 Å². The van der Waals surface area contributed by atoms with Gasteiger partial charge in [-0.05, 0) is 49.6 Å². The lowest BCUT2D eigenvalue weighted by atomic mass is 10.0. The van der Waals surface area contributed by atoms with Gasteiger partial charge in [0.1, 0.15) is 5.69 Å². The van der Waals surface area contributed by atoms with Crippen molar-refractivity contribution >= 4 is 11.2 Å². The van der Waals surface area contributed by atoms with Crippen LogP contribution in [0.1, 0.15) is 16.7 Å². The number of hydrogen-bond donors (Lipinski definition) is 0. The number of aromatic nitrogens is 2. The zero-order valence-electron chi connectivity index (χ0n) is 15.0. The molecule has 0 aliphatic heterocycles. The number of nitrogens with zero attached hydrogens (tertiary/aromatic N) is 2. The summed E-state index contributed by atoms with van der Waals surface area (Å²) in [6.07, 6.45) is 0. The molecule has 25 heavy (non-hydrogen) atoms. The van der Waals surface area contributed by atoms with Gasteiger partial charge in [0.2, 0.25) is 5.58 Å². The second kappa shape index (κ2) is 5.85. The number of hydrogen-bond acceptors (Lipinski definition) is 2. The molecule has 0 saturated carbocycles. The lowest BCUT2D eigenvalue weighted by Gasteiger charge is -2.05. The fourth-order valence-electron chi connectivity index (χ4n) is 3.44. The first-order valence-electron chi connectivity index (χ1n) is 8.48. The van der Waals surface area contributed by atoms with E-state index in [2.05, 4.69) is 73.9 Å². The maximum absolute atomic E-state index is 6.09. The molecular weight excluding hydrogens is 308 g/mol. The Kier molecular flexibility index (Phi) is 3.65. The number of oxazole rings is 1. The van der Waals surface area contributed by atoms with Crippen molar-refractivity contribution in [1.29, 1.82) is 0 Å². The van der Waals surface area contributed by atoms with Gasteiger partial charge in [-0.3, -0.25) is 0 Å². The van der Waals surface area contributed by atoms with E-state index in [1.165, 1.54) is 22.3 Å². The molecule has 0 aliphatic rings. The van der Waals surface area contributed by atoms with Crippen LogP contribution < -0.4 is 4.57 Å². The van der Waals surface area contributed by atoms with Gasteiger partial charge in [0.15, 0.2) is 0 Å². The molecule has 2 aromatic carbocycles. The topological polar surface area (TPSA) is 29.9 Å². The predicted molar refractivity (Wildman–Crippen MR) is 100 cm³/mol. The van der Waals surface area contributed by atoms with E-state index < -0.39 is 0 Å². The minimum atomic E-state index is 0.683. The molecule has 0 radical (unpaired) electrons. The van der Waals surface area contributed by atoms with Crippen LogP contribution in [0.3, 0.4) is 0 Å². The number of aryl methyl sites for hydroxylation is 4. The Morgan fingerprint density at radius 1 is 0.800 bits per heavy atom. The van der Waals surface area contributed by atoms with Crippen LogP contribution in [0.25, 0.3) is 33.9 Å². The van der Waals surface area contributed by atoms with Crippen molar-refractivity contribution in [3.05, 3.63) is 71.3 Å². The first kappa shape index (κ1) is 15.6. The number of rotatable bonds is 2. The van der Waals surface area contributed by atoms with Crippen LogP contribution in [0.15, 0.2) is 59.0 Å². The first-order chi connectivity index (χ1) is 12.1. The molecule has 3 nitrogen and oxygen atoms in total. The SMILES string of the molecule is Cc1ccccc1-c1ccc2oc(-c3c(C)cccc3C)nc2[n+]1C. The standard InChI is InChI=1S/C22H21N2O/c1-14-8-5-6-11-17(14)18-12-13-19-21(24(18)4)23-22(25-19)20-15(2)9-7-10-16(20)3/h5-13H,1-4H3/q+1. The van der Waals surface area contributed by atoms with Crippen molar-refractivity contribution in [3.63, 3.8) is 0 Å².